The summed E-state index contributed by atoms with van der Waals surface area (Å²) in [6, 6.07) is 8.08. The molecule has 0 bridgehead atoms. The van der Waals surface area contributed by atoms with E-state index in [2.05, 4.69) is 5.32 Å². The van der Waals surface area contributed by atoms with Gasteiger partial charge >= 0.3 is 0 Å². The van der Waals surface area contributed by atoms with Crippen molar-refractivity contribution in [2.24, 2.45) is 0 Å². The van der Waals surface area contributed by atoms with E-state index >= 15 is 0 Å². The number of benzene rings is 1. The SMILES string of the molecule is COc1ccc(C)cc1NC(=O)c1ccc(S(=O)(=O)N2CCCCC2)o1. The Morgan fingerprint density at radius 2 is 1.88 bits per heavy atom. The predicted octanol–water partition coefficient (Wildman–Crippen LogP) is 3.02. The van der Waals surface area contributed by atoms with Gasteiger partial charge in [-0.25, -0.2) is 8.42 Å². The molecule has 0 atom stereocenters. The van der Waals surface area contributed by atoms with Crippen LogP contribution in [0.5, 0.6) is 5.75 Å². The predicted molar refractivity (Wildman–Crippen MR) is 97.0 cm³/mol. The van der Waals surface area contributed by atoms with Crippen molar-refractivity contribution in [1.29, 1.82) is 0 Å². The molecule has 2 heterocycles. The third kappa shape index (κ3) is 3.76. The van der Waals surface area contributed by atoms with E-state index in [4.69, 9.17) is 9.15 Å². The van der Waals surface area contributed by atoms with Gasteiger partial charge in [-0.2, -0.15) is 4.31 Å². The molecular formula is C18H22N2O5S. The van der Waals surface area contributed by atoms with E-state index in [9.17, 15) is 13.2 Å². The number of carbonyl (C=O) groups is 1. The highest BCUT2D eigenvalue weighted by Crippen LogP contribution is 2.27. The highest BCUT2D eigenvalue weighted by molar-refractivity contribution is 7.89. The van der Waals surface area contributed by atoms with E-state index in [0.717, 1.165) is 24.8 Å². The van der Waals surface area contributed by atoms with Crippen LogP contribution in [0.4, 0.5) is 5.69 Å². The summed E-state index contributed by atoms with van der Waals surface area (Å²) in [4.78, 5) is 12.4. The maximum Gasteiger partial charge on any atom is 0.291 e. The van der Waals surface area contributed by atoms with Crippen LogP contribution >= 0.6 is 0 Å². The highest BCUT2D eigenvalue weighted by Gasteiger charge is 2.29. The van der Waals surface area contributed by atoms with Crippen LogP contribution in [0.15, 0.2) is 39.8 Å². The average molecular weight is 378 g/mol. The molecule has 0 saturated carbocycles. The lowest BCUT2D eigenvalue weighted by Crippen LogP contribution is -2.35. The van der Waals surface area contributed by atoms with Crippen molar-refractivity contribution in [2.75, 3.05) is 25.5 Å². The van der Waals surface area contributed by atoms with Gasteiger partial charge in [0.2, 0.25) is 5.09 Å². The zero-order valence-corrected chi connectivity index (χ0v) is 15.6. The third-order valence-electron chi connectivity index (χ3n) is 4.32. The van der Waals surface area contributed by atoms with Crippen molar-refractivity contribution in [3.05, 3.63) is 41.7 Å². The number of nitrogens with zero attached hydrogens (tertiary/aromatic N) is 1. The summed E-state index contributed by atoms with van der Waals surface area (Å²) in [5.41, 5.74) is 1.45. The Kier molecular flexibility index (Phi) is 5.33. The van der Waals surface area contributed by atoms with Crippen LogP contribution in [0.3, 0.4) is 0 Å². The number of hydrogen-bond donors (Lipinski definition) is 1. The van der Waals surface area contributed by atoms with Gasteiger partial charge in [0.15, 0.2) is 5.76 Å². The smallest absolute Gasteiger partial charge is 0.291 e. The normalized spacial score (nSPS) is 15.6. The third-order valence-corrected chi connectivity index (χ3v) is 6.09. The van der Waals surface area contributed by atoms with Gasteiger partial charge in [0.05, 0.1) is 12.8 Å². The number of anilines is 1. The van der Waals surface area contributed by atoms with Crippen molar-refractivity contribution >= 4 is 21.6 Å². The Balaban J connectivity index is 1.79. The molecule has 1 fully saturated rings. The van der Waals surface area contributed by atoms with Gasteiger partial charge in [0.1, 0.15) is 5.75 Å². The molecule has 0 spiro atoms. The molecule has 1 aliphatic rings. The largest absolute Gasteiger partial charge is 0.495 e. The summed E-state index contributed by atoms with van der Waals surface area (Å²) in [5.74, 6) is -0.0881. The Morgan fingerprint density at radius 3 is 2.58 bits per heavy atom. The quantitative estimate of drug-likeness (QED) is 0.864. The number of rotatable bonds is 5. The number of amides is 1. The van der Waals surface area contributed by atoms with Gasteiger partial charge in [-0.15, -0.1) is 0 Å². The van der Waals surface area contributed by atoms with Crippen LogP contribution in [0.1, 0.15) is 35.4 Å². The number of methoxy groups -OCH3 is 1. The van der Waals surface area contributed by atoms with Gasteiger partial charge in [-0.05, 0) is 49.6 Å². The van der Waals surface area contributed by atoms with Crippen molar-refractivity contribution in [2.45, 2.75) is 31.3 Å². The Hall–Kier alpha value is -2.32. The minimum Gasteiger partial charge on any atom is -0.495 e. The number of piperidine rings is 1. The molecule has 7 nitrogen and oxygen atoms in total. The molecule has 26 heavy (non-hydrogen) atoms. The highest BCUT2D eigenvalue weighted by atomic mass is 32.2. The average Bonchev–Trinajstić information content (AvgIpc) is 3.14. The molecule has 1 saturated heterocycles. The van der Waals surface area contributed by atoms with E-state index in [1.54, 1.807) is 12.1 Å². The summed E-state index contributed by atoms with van der Waals surface area (Å²) in [6.45, 7) is 2.85. The van der Waals surface area contributed by atoms with Crippen molar-refractivity contribution < 1.29 is 22.4 Å². The lowest BCUT2D eigenvalue weighted by molar-refractivity contribution is 0.0991. The molecule has 0 aliphatic carbocycles. The molecule has 1 aromatic carbocycles. The van der Waals surface area contributed by atoms with Crippen molar-refractivity contribution in [1.82, 2.24) is 4.31 Å². The Labute approximate surface area is 153 Å². The zero-order valence-electron chi connectivity index (χ0n) is 14.8. The fourth-order valence-corrected chi connectivity index (χ4v) is 4.35. The number of nitrogens with one attached hydrogen (secondary N) is 1. The lowest BCUT2D eigenvalue weighted by Gasteiger charge is -2.24. The van der Waals surface area contributed by atoms with E-state index in [1.165, 1.54) is 23.5 Å². The van der Waals surface area contributed by atoms with Crippen molar-refractivity contribution in [3.63, 3.8) is 0 Å². The second-order valence-electron chi connectivity index (χ2n) is 6.24. The first kappa shape index (κ1) is 18.5. The minimum atomic E-state index is -3.71. The number of sulfonamides is 1. The van der Waals surface area contributed by atoms with Gasteiger partial charge in [-0.3, -0.25) is 4.79 Å². The van der Waals surface area contributed by atoms with Crippen molar-refractivity contribution in [3.8, 4) is 5.75 Å². The van der Waals surface area contributed by atoms with Gasteiger partial charge in [-0.1, -0.05) is 12.5 Å². The van der Waals surface area contributed by atoms with Crippen LogP contribution < -0.4 is 10.1 Å². The van der Waals surface area contributed by atoms with Gasteiger partial charge in [0.25, 0.3) is 15.9 Å². The standard InChI is InChI=1S/C18H22N2O5S/c1-13-6-7-15(24-2)14(12-13)19-18(21)16-8-9-17(25-16)26(22,23)20-10-4-3-5-11-20/h6-9,12H,3-5,10-11H2,1-2H3,(H,19,21). The van der Waals surface area contributed by atoms with E-state index in [0.29, 0.717) is 24.5 Å². The number of aryl methyl sites for hydroxylation is 1. The Morgan fingerprint density at radius 1 is 1.15 bits per heavy atom. The molecule has 1 amide bonds. The Bertz CT molecular complexity index is 898. The number of hydrogen-bond acceptors (Lipinski definition) is 5. The molecule has 1 N–H and O–H groups in total. The summed E-state index contributed by atoms with van der Waals surface area (Å²) < 4.78 is 37.2. The molecule has 1 aromatic heterocycles. The minimum absolute atomic E-state index is 0.0656. The zero-order chi connectivity index (χ0) is 18.7. The molecule has 2 aromatic rings. The van der Waals surface area contributed by atoms with Crippen LogP contribution in [-0.4, -0.2) is 38.8 Å². The molecule has 8 heteroatoms. The maximum atomic E-state index is 12.6. The van der Waals surface area contributed by atoms with Crippen LogP contribution in [-0.2, 0) is 10.0 Å². The molecule has 3 rings (SSSR count). The first-order valence-electron chi connectivity index (χ1n) is 8.48. The number of furan rings is 1. The van der Waals surface area contributed by atoms with E-state index in [1.807, 2.05) is 13.0 Å². The first-order chi connectivity index (χ1) is 12.4. The lowest BCUT2D eigenvalue weighted by atomic mass is 10.2. The fraction of sp³-hybridized carbons (Fsp3) is 0.389. The van der Waals surface area contributed by atoms with E-state index in [-0.39, 0.29) is 10.9 Å². The topological polar surface area (TPSA) is 88.8 Å². The molecule has 140 valence electrons. The summed E-state index contributed by atoms with van der Waals surface area (Å²) in [6.07, 6.45) is 2.69. The first-order valence-corrected chi connectivity index (χ1v) is 9.92. The maximum absolute atomic E-state index is 12.6. The van der Waals surface area contributed by atoms with Gasteiger partial charge < -0.3 is 14.5 Å². The van der Waals surface area contributed by atoms with E-state index < -0.39 is 15.9 Å². The number of carbonyl (C=O) groups excluding carboxylic acids is 1. The second-order valence-corrected chi connectivity index (χ2v) is 8.11. The van der Waals surface area contributed by atoms with Gasteiger partial charge in [0, 0.05) is 13.1 Å². The summed E-state index contributed by atoms with van der Waals surface area (Å²) in [5, 5.41) is 2.49. The summed E-state index contributed by atoms with van der Waals surface area (Å²) in [7, 11) is -2.19. The monoisotopic (exact) mass is 378 g/mol. The molecule has 1 aliphatic heterocycles. The molecule has 0 unspecified atom stereocenters. The number of ether oxygens (including phenoxy) is 1. The second kappa shape index (κ2) is 7.51. The molecular weight excluding hydrogens is 356 g/mol. The summed E-state index contributed by atoms with van der Waals surface area (Å²) >= 11 is 0. The van der Waals surface area contributed by atoms with Crippen LogP contribution in [0, 0.1) is 6.92 Å². The fourth-order valence-electron chi connectivity index (χ4n) is 2.92. The van der Waals surface area contributed by atoms with Crippen LogP contribution in [0.2, 0.25) is 0 Å². The van der Waals surface area contributed by atoms with Crippen LogP contribution in [0.25, 0.3) is 0 Å². The molecule has 0 radical (unpaired) electrons.